The molecule has 0 spiro atoms. The van der Waals surface area contributed by atoms with Gasteiger partial charge in [0.05, 0.1) is 37.9 Å². The zero-order valence-corrected chi connectivity index (χ0v) is 18.2. The molecule has 2 aromatic carbocycles. The Hall–Kier alpha value is -1.78. The van der Waals surface area contributed by atoms with Gasteiger partial charge in [0, 0.05) is 0 Å². The lowest BCUT2D eigenvalue weighted by atomic mass is 10.1. The van der Waals surface area contributed by atoms with Crippen molar-refractivity contribution >= 4 is 20.8 Å². The molecule has 0 bridgehead atoms. The highest BCUT2D eigenvalue weighted by atomic mass is 32.2. The Morgan fingerprint density at radius 1 is 0.862 bits per heavy atom. The van der Waals surface area contributed by atoms with Crippen LogP contribution in [0.15, 0.2) is 53.4 Å². The minimum Gasteiger partial charge on any atom is -0.377 e. The Bertz CT molecular complexity index is 943. The van der Waals surface area contributed by atoms with Crippen LogP contribution in [0.4, 0.5) is 0 Å². The molecule has 0 radical (unpaired) electrons. The summed E-state index contributed by atoms with van der Waals surface area (Å²) in [6.07, 6.45) is 0. The van der Waals surface area contributed by atoms with Gasteiger partial charge in [0.25, 0.3) is 10.1 Å². The van der Waals surface area contributed by atoms with Crippen LogP contribution in [0, 0.1) is 13.8 Å². The normalized spacial score (nSPS) is 12.9. The maximum Gasteiger partial charge on any atom is 0.297 e. The molecule has 0 saturated heterocycles. The van der Waals surface area contributed by atoms with Gasteiger partial charge in [-0.2, -0.15) is 8.42 Å². The van der Waals surface area contributed by atoms with Crippen molar-refractivity contribution in [2.45, 2.75) is 24.0 Å². The van der Waals surface area contributed by atoms with Gasteiger partial charge in [-0.1, -0.05) is 47.5 Å². The number of ether oxygens (including phenoxy) is 2. The van der Waals surface area contributed by atoms with Gasteiger partial charge in [0.15, 0.2) is 0 Å². The summed E-state index contributed by atoms with van der Waals surface area (Å²) in [5.41, 5.74) is 2.63. The first-order chi connectivity index (χ1) is 13.8. The summed E-state index contributed by atoms with van der Waals surface area (Å²) in [7, 11) is -6.48. The molecule has 0 aliphatic carbocycles. The van der Waals surface area contributed by atoms with Crippen LogP contribution in [0.25, 0.3) is 0 Å². The van der Waals surface area contributed by atoms with Gasteiger partial charge in [-0.3, -0.25) is 4.18 Å². The monoisotopic (exact) mass is 442 g/mol. The topological polar surface area (TPSA) is 96.0 Å². The van der Waals surface area contributed by atoms with E-state index in [0.717, 1.165) is 11.1 Å². The number of hydrogen-bond acceptors (Lipinski definition) is 7. The molecule has 0 saturated carbocycles. The Morgan fingerprint density at radius 2 is 1.52 bits per heavy atom. The van der Waals surface area contributed by atoms with Crippen LogP contribution in [0.1, 0.15) is 21.9 Å². The van der Waals surface area contributed by atoms with E-state index in [0.29, 0.717) is 5.56 Å². The Kier molecular flexibility index (Phi) is 9.25. The first-order valence-electron chi connectivity index (χ1n) is 9.11. The second-order valence-electron chi connectivity index (χ2n) is 6.49. The Labute approximate surface area is 173 Å². The van der Waals surface area contributed by atoms with Crippen LogP contribution >= 0.6 is 0 Å². The average molecular weight is 443 g/mol. The summed E-state index contributed by atoms with van der Waals surface area (Å²) in [6, 6.07) is 13.7. The highest BCUT2D eigenvalue weighted by Crippen LogP contribution is 2.18. The van der Waals surface area contributed by atoms with E-state index in [-0.39, 0.29) is 37.9 Å². The zero-order chi connectivity index (χ0) is 21.3. The molecule has 0 N–H and O–H groups in total. The largest absolute Gasteiger partial charge is 0.377 e. The van der Waals surface area contributed by atoms with Crippen LogP contribution in [-0.4, -0.2) is 49.9 Å². The second kappa shape index (κ2) is 11.4. The van der Waals surface area contributed by atoms with Gasteiger partial charge in [-0.15, -0.1) is 0 Å². The third-order valence-electron chi connectivity index (χ3n) is 4.10. The predicted octanol–water partition coefficient (Wildman–Crippen LogP) is 2.39. The van der Waals surface area contributed by atoms with Crippen molar-refractivity contribution < 1.29 is 30.5 Å². The van der Waals surface area contributed by atoms with E-state index in [4.69, 9.17) is 13.7 Å². The Morgan fingerprint density at radius 3 is 2.17 bits per heavy atom. The SMILES string of the molecule is Cc1ccc(S(=O)(=O)OCCOCCOCC(c2cccc(C)c2)[SH](=O)=O)cc1. The highest BCUT2D eigenvalue weighted by molar-refractivity contribution is 7.86. The third-order valence-corrected chi connectivity index (χ3v) is 6.39. The molecular weight excluding hydrogens is 416 g/mol. The molecule has 9 heteroatoms. The fourth-order valence-corrected chi connectivity index (χ4v) is 4.07. The molecule has 0 heterocycles. The molecule has 0 aromatic heterocycles. The lowest BCUT2D eigenvalue weighted by Gasteiger charge is -2.12. The van der Waals surface area contributed by atoms with Gasteiger partial charge in [-0.25, -0.2) is 8.42 Å². The van der Waals surface area contributed by atoms with Gasteiger partial charge in [0.1, 0.15) is 16.0 Å². The van der Waals surface area contributed by atoms with E-state index in [2.05, 4.69) is 0 Å². The van der Waals surface area contributed by atoms with Gasteiger partial charge in [-0.05, 0) is 31.5 Å². The van der Waals surface area contributed by atoms with Crippen molar-refractivity contribution in [3.8, 4) is 0 Å². The summed E-state index contributed by atoms with van der Waals surface area (Å²) >= 11 is 0. The molecule has 2 aromatic rings. The van der Waals surface area contributed by atoms with E-state index in [9.17, 15) is 16.8 Å². The molecule has 29 heavy (non-hydrogen) atoms. The number of aryl methyl sites for hydroxylation is 2. The number of benzene rings is 2. The van der Waals surface area contributed by atoms with Gasteiger partial charge < -0.3 is 9.47 Å². The molecule has 0 aliphatic rings. The van der Waals surface area contributed by atoms with E-state index in [1.807, 2.05) is 32.0 Å². The minimum absolute atomic E-state index is 0.0316. The molecule has 1 atom stereocenters. The number of hydrogen-bond donors (Lipinski definition) is 1. The summed E-state index contributed by atoms with van der Waals surface area (Å²) in [5, 5.41) is -0.715. The van der Waals surface area contributed by atoms with E-state index in [1.54, 1.807) is 18.2 Å². The molecular formula is C20H26O7S2. The predicted molar refractivity (Wildman–Crippen MR) is 110 cm³/mol. The number of rotatable bonds is 12. The van der Waals surface area contributed by atoms with Crippen LogP contribution < -0.4 is 0 Å². The second-order valence-corrected chi connectivity index (χ2v) is 9.30. The Balaban J connectivity index is 1.66. The summed E-state index contributed by atoms with van der Waals surface area (Å²) < 4.78 is 62.7. The highest BCUT2D eigenvalue weighted by Gasteiger charge is 2.16. The van der Waals surface area contributed by atoms with Crippen LogP contribution in [0.2, 0.25) is 0 Å². The van der Waals surface area contributed by atoms with Crippen LogP contribution in [-0.2, 0) is 34.5 Å². The fourth-order valence-electron chi connectivity index (χ4n) is 2.55. The van der Waals surface area contributed by atoms with Gasteiger partial charge >= 0.3 is 0 Å². The van der Waals surface area contributed by atoms with E-state index < -0.39 is 26.1 Å². The smallest absolute Gasteiger partial charge is 0.297 e. The summed E-state index contributed by atoms with van der Waals surface area (Å²) in [5.74, 6) is 0. The van der Waals surface area contributed by atoms with Crippen molar-refractivity contribution in [1.29, 1.82) is 0 Å². The van der Waals surface area contributed by atoms with Crippen molar-refractivity contribution in [3.63, 3.8) is 0 Å². The van der Waals surface area contributed by atoms with Gasteiger partial charge in [0.2, 0.25) is 0 Å². The molecule has 160 valence electrons. The molecule has 7 nitrogen and oxygen atoms in total. The first kappa shape index (κ1) is 23.5. The molecule has 0 fully saturated rings. The van der Waals surface area contributed by atoms with Crippen molar-refractivity contribution in [1.82, 2.24) is 0 Å². The molecule has 1 unspecified atom stereocenters. The lowest BCUT2D eigenvalue weighted by Crippen LogP contribution is -2.15. The fraction of sp³-hybridized carbons (Fsp3) is 0.400. The molecule has 2 rings (SSSR count). The third kappa shape index (κ3) is 7.87. The quantitative estimate of drug-likeness (QED) is 0.306. The van der Waals surface area contributed by atoms with Crippen molar-refractivity contribution in [3.05, 3.63) is 65.2 Å². The van der Waals surface area contributed by atoms with Crippen molar-refractivity contribution in [2.75, 3.05) is 33.0 Å². The molecule has 0 amide bonds. The minimum atomic E-state index is -3.81. The molecule has 0 aliphatic heterocycles. The van der Waals surface area contributed by atoms with Crippen LogP contribution in [0.5, 0.6) is 0 Å². The summed E-state index contributed by atoms with van der Waals surface area (Å²) in [4.78, 5) is 0.0975. The first-order valence-corrected chi connectivity index (χ1v) is 11.8. The van der Waals surface area contributed by atoms with E-state index in [1.165, 1.54) is 12.1 Å². The van der Waals surface area contributed by atoms with Crippen LogP contribution in [0.3, 0.4) is 0 Å². The standard InChI is InChI=1S/C20H26O7S2/c1-16-6-8-19(9-7-16)29(23,24)27-13-12-25-10-11-26-15-20(28(21)22)18-5-3-4-17(2)14-18/h3-9,14,20,28H,10-13,15H2,1-2H3. The van der Waals surface area contributed by atoms with Crippen molar-refractivity contribution in [2.24, 2.45) is 0 Å². The maximum absolute atomic E-state index is 12.0. The van der Waals surface area contributed by atoms with E-state index >= 15 is 0 Å². The average Bonchev–Trinajstić information content (AvgIpc) is 2.66. The summed E-state index contributed by atoms with van der Waals surface area (Å²) in [6.45, 7) is 4.14. The zero-order valence-electron chi connectivity index (χ0n) is 16.4. The number of thiol groups is 1. The maximum atomic E-state index is 12.0. The lowest BCUT2D eigenvalue weighted by molar-refractivity contribution is 0.0372.